The third-order valence-corrected chi connectivity index (χ3v) is 0.241. The summed E-state index contributed by atoms with van der Waals surface area (Å²) in [5.41, 5.74) is 0. The zero-order chi connectivity index (χ0) is 4.12. The minimum atomic E-state index is 0. The molecule has 0 fully saturated rings. The molecule has 0 heterocycles. The van der Waals surface area contributed by atoms with Crippen LogP contribution < -0.4 is 0 Å². The van der Waals surface area contributed by atoms with Crippen LogP contribution in [0.15, 0.2) is 0 Å². The maximum Gasteiger partial charge on any atom is 0.0320 e. The van der Waals surface area contributed by atoms with Crippen molar-refractivity contribution in [3.63, 3.8) is 0 Å². The van der Waals surface area contributed by atoms with E-state index in [2.05, 4.69) is 4.74 Å². The van der Waals surface area contributed by atoms with Crippen LogP contribution in [0.3, 0.4) is 0 Å². The van der Waals surface area contributed by atoms with E-state index in [4.69, 9.17) is 5.11 Å². The molecule has 0 aromatic carbocycles. The molecule has 0 aliphatic rings. The Kier molecular flexibility index (Phi) is 35.2. The summed E-state index contributed by atoms with van der Waals surface area (Å²) in [7, 11) is 1.52. The van der Waals surface area contributed by atoms with Gasteiger partial charge in [-0.3, -0.25) is 0 Å². The van der Waals surface area contributed by atoms with Crippen molar-refractivity contribution in [1.29, 1.82) is 0 Å². The molecular formula is C3H7O2Zn2-. The molecule has 0 rings (SSSR count). The Morgan fingerprint density at radius 1 is 1.57 bits per heavy atom. The van der Waals surface area contributed by atoms with Crippen LogP contribution in [0, 0.1) is 6.61 Å². The van der Waals surface area contributed by atoms with Crippen molar-refractivity contribution in [1.82, 2.24) is 0 Å². The zero-order valence-electron chi connectivity index (χ0n) is 4.55. The van der Waals surface area contributed by atoms with Gasteiger partial charge in [-0.15, -0.1) is 0 Å². The first-order chi connectivity index (χ1) is 2.41. The monoisotopic (exact) mass is 203 g/mol. The molecule has 0 atom stereocenters. The first-order valence-electron chi connectivity index (χ1n) is 1.36. The van der Waals surface area contributed by atoms with E-state index in [1.807, 2.05) is 0 Å². The predicted molar refractivity (Wildman–Crippen MR) is 18.1 cm³/mol. The fourth-order valence-electron chi connectivity index (χ4n) is 0.0745. The minimum Gasteiger partial charge on any atom is -0.564 e. The summed E-state index contributed by atoms with van der Waals surface area (Å²) in [5, 5.41) is 7.82. The second kappa shape index (κ2) is 15.7. The summed E-state index contributed by atoms with van der Waals surface area (Å²) in [6, 6.07) is 0. The Labute approximate surface area is 69.1 Å². The SMILES string of the molecule is COC[CH-]O.[Zn].[Zn]. The second-order valence-corrected chi connectivity index (χ2v) is 0.638. The van der Waals surface area contributed by atoms with E-state index in [0.717, 1.165) is 6.61 Å². The zero-order valence-corrected chi connectivity index (χ0v) is 10.5. The van der Waals surface area contributed by atoms with Gasteiger partial charge in [0.2, 0.25) is 0 Å². The minimum absolute atomic E-state index is 0. The standard InChI is InChI=1S/C3H7O2.2Zn/c1-5-3-2-4;;/h2,4H,3H2,1H3;;/q-1;;. The maximum absolute atomic E-state index is 7.82. The molecule has 2 nitrogen and oxygen atoms in total. The smallest absolute Gasteiger partial charge is 0.0320 e. The fraction of sp³-hybridized carbons (Fsp3) is 0.667. The van der Waals surface area contributed by atoms with E-state index in [1.165, 1.54) is 7.11 Å². The largest absolute Gasteiger partial charge is 0.564 e. The second-order valence-electron chi connectivity index (χ2n) is 0.638. The number of aliphatic hydroxyl groups is 1. The van der Waals surface area contributed by atoms with E-state index in [9.17, 15) is 0 Å². The molecule has 0 unspecified atom stereocenters. The van der Waals surface area contributed by atoms with Gasteiger partial charge in [0.05, 0.1) is 0 Å². The van der Waals surface area contributed by atoms with Crippen molar-refractivity contribution in [2.24, 2.45) is 0 Å². The molecule has 0 aromatic rings. The van der Waals surface area contributed by atoms with Crippen molar-refractivity contribution in [3.05, 3.63) is 6.61 Å². The van der Waals surface area contributed by atoms with Crippen molar-refractivity contribution in [2.75, 3.05) is 13.7 Å². The summed E-state index contributed by atoms with van der Waals surface area (Å²) in [6.45, 7) is 1.28. The van der Waals surface area contributed by atoms with Crippen LogP contribution in [0.25, 0.3) is 0 Å². The number of hydrogen-bond donors (Lipinski definition) is 1. The third-order valence-electron chi connectivity index (χ3n) is 0.241. The topological polar surface area (TPSA) is 29.5 Å². The summed E-state index contributed by atoms with van der Waals surface area (Å²) >= 11 is 0. The molecule has 0 aromatic heterocycles. The van der Waals surface area contributed by atoms with Crippen molar-refractivity contribution in [2.45, 2.75) is 0 Å². The molecular weight excluding hydrogens is 199 g/mol. The normalized spacial score (nSPS) is 6.00. The van der Waals surface area contributed by atoms with E-state index in [1.54, 1.807) is 0 Å². The fourth-order valence-corrected chi connectivity index (χ4v) is 0.0745. The number of hydrogen-bond acceptors (Lipinski definition) is 2. The molecule has 0 saturated heterocycles. The van der Waals surface area contributed by atoms with Gasteiger partial charge >= 0.3 is 0 Å². The summed E-state index contributed by atoms with van der Waals surface area (Å²) in [4.78, 5) is 0. The molecule has 0 aliphatic heterocycles. The average Bonchev–Trinajstić information content (AvgIpc) is 1.41. The van der Waals surface area contributed by atoms with Gasteiger partial charge in [0, 0.05) is 46.1 Å². The van der Waals surface area contributed by atoms with Crippen LogP contribution in [0.5, 0.6) is 0 Å². The van der Waals surface area contributed by atoms with E-state index < -0.39 is 0 Å². The predicted octanol–water partition coefficient (Wildman–Crippen LogP) is 0.162. The van der Waals surface area contributed by atoms with Crippen LogP contribution in [0.4, 0.5) is 0 Å². The third kappa shape index (κ3) is 19.1. The van der Waals surface area contributed by atoms with Gasteiger partial charge in [-0.05, 0) is 0 Å². The Hall–Kier alpha value is 1.17. The molecule has 1 N–H and O–H groups in total. The van der Waals surface area contributed by atoms with Crippen LogP contribution in [-0.4, -0.2) is 18.8 Å². The van der Waals surface area contributed by atoms with Crippen molar-refractivity contribution < 1.29 is 48.8 Å². The number of aliphatic hydroxyl groups excluding tert-OH is 1. The molecule has 0 bridgehead atoms. The van der Waals surface area contributed by atoms with Crippen LogP contribution in [0.1, 0.15) is 0 Å². The molecule has 0 amide bonds. The average molecular weight is 206 g/mol. The molecule has 0 aliphatic carbocycles. The van der Waals surface area contributed by atoms with Gasteiger partial charge in [-0.1, -0.05) is 6.61 Å². The molecule has 7 heavy (non-hydrogen) atoms. The van der Waals surface area contributed by atoms with E-state index in [0.29, 0.717) is 6.61 Å². The van der Waals surface area contributed by atoms with Gasteiger partial charge in [0.1, 0.15) is 0 Å². The first kappa shape index (κ1) is 15.7. The van der Waals surface area contributed by atoms with Gasteiger partial charge < -0.3 is 9.84 Å². The molecule has 0 radical (unpaired) electrons. The van der Waals surface area contributed by atoms with Crippen molar-refractivity contribution in [3.8, 4) is 0 Å². The van der Waals surface area contributed by atoms with Crippen molar-refractivity contribution >= 4 is 0 Å². The molecule has 0 saturated carbocycles. The Balaban J connectivity index is -0.0000000800. The molecule has 36 valence electrons. The van der Waals surface area contributed by atoms with Crippen LogP contribution in [0.2, 0.25) is 0 Å². The summed E-state index contributed by atoms with van der Waals surface area (Å²) in [5.74, 6) is 0. The van der Waals surface area contributed by atoms with Crippen LogP contribution in [-0.2, 0) is 43.7 Å². The first-order valence-corrected chi connectivity index (χ1v) is 1.36. The number of rotatable bonds is 2. The van der Waals surface area contributed by atoms with Gasteiger partial charge in [0.25, 0.3) is 0 Å². The Morgan fingerprint density at radius 3 is 2.00 bits per heavy atom. The van der Waals surface area contributed by atoms with Gasteiger partial charge in [-0.2, -0.15) is 6.61 Å². The Bertz CT molecular complexity index is 18.4. The van der Waals surface area contributed by atoms with Gasteiger partial charge in [-0.25, -0.2) is 0 Å². The maximum atomic E-state index is 7.82. The Morgan fingerprint density at radius 2 is 2.00 bits per heavy atom. The van der Waals surface area contributed by atoms with Crippen LogP contribution >= 0.6 is 0 Å². The number of ether oxygens (including phenoxy) is 1. The summed E-state index contributed by atoms with van der Waals surface area (Å²) in [6.07, 6.45) is 0. The molecule has 0 spiro atoms. The van der Waals surface area contributed by atoms with E-state index in [-0.39, 0.29) is 39.0 Å². The van der Waals surface area contributed by atoms with Gasteiger partial charge in [0.15, 0.2) is 0 Å². The quantitative estimate of drug-likeness (QED) is 0.515. The summed E-state index contributed by atoms with van der Waals surface area (Å²) < 4.78 is 4.39. The number of methoxy groups -OCH3 is 1. The van der Waals surface area contributed by atoms with E-state index >= 15 is 0 Å². The molecule has 4 heteroatoms.